The molecule has 0 N–H and O–H groups in total. The highest BCUT2D eigenvalue weighted by atomic mass is 16.5. The summed E-state index contributed by atoms with van der Waals surface area (Å²) in [6.45, 7) is 2.41. The highest BCUT2D eigenvalue weighted by molar-refractivity contribution is 5.97. The number of ether oxygens (including phenoxy) is 1. The van der Waals surface area contributed by atoms with Gasteiger partial charge in [0.15, 0.2) is 12.3 Å². The monoisotopic (exact) mass is 191 g/mol. The van der Waals surface area contributed by atoms with Gasteiger partial charge < -0.3 is 9.94 Å². The maximum absolute atomic E-state index is 11.4. The number of rotatable bonds is 1. The van der Waals surface area contributed by atoms with Crippen LogP contribution >= 0.6 is 0 Å². The van der Waals surface area contributed by atoms with Crippen molar-refractivity contribution >= 4 is 5.71 Å². The van der Waals surface area contributed by atoms with Gasteiger partial charge in [-0.25, -0.2) is 4.74 Å². The number of nitrogens with zero attached hydrogens (tertiary/aromatic N) is 1. The van der Waals surface area contributed by atoms with Crippen molar-refractivity contribution in [2.75, 3.05) is 13.7 Å². The Bertz CT molecular complexity index is 396. The molecular weight excluding hydrogens is 178 g/mol. The molecule has 0 spiro atoms. The average molecular weight is 191 g/mol. The lowest BCUT2D eigenvalue weighted by Crippen LogP contribution is -2.23. The number of fused-ring (bicyclic) bond motifs is 1. The summed E-state index contributed by atoms with van der Waals surface area (Å²) in [7, 11) is 1.65. The number of benzene rings is 1. The van der Waals surface area contributed by atoms with Crippen LogP contribution in [0.2, 0.25) is 0 Å². The maximum atomic E-state index is 11.4. The Morgan fingerprint density at radius 3 is 2.93 bits per heavy atom. The van der Waals surface area contributed by atoms with E-state index in [4.69, 9.17) is 4.74 Å². The van der Waals surface area contributed by atoms with E-state index >= 15 is 0 Å². The Kier molecular flexibility index (Phi) is 2.15. The van der Waals surface area contributed by atoms with Gasteiger partial charge in [0, 0.05) is 18.9 Å². The summed E-state index contributed by atoms with van der Waals surface area (Å²) in [6, 6.07) is 5.85. The SMILES string of the molecule is COc1ccc2c(c1)CC[N+]([O-])=C2C. The molecule has 1 aliphatic rings. The quantitative estimate of drug-likeness (QED) is 0.499. The van der Waals surface area contributed by atoms with Crippen LogP contribution in [0, 0.1) is 5.21 Å². The lowest BCUT2D eigenvalue weighted by Gasteiger charge is -2.17. The van der Waals surface area contributed by atoms with E-state index in [0.717, 1.165) is 28.2 Å². The van der Waals surface area contributed by atoms with Crippen molar-refractivity contribution < 1.29 is 9.48 Å². The van der Waals surface area contributed by atoms with Gasteiger partial charge in [-0.15, -0.1) is 0 Å². The van der Waals surface area contributed by atoms with Crippen LogP contribution in [0.3, 0.4) is 0 Å². The smallest absolute Gasteiger partial charge is 0.191 e. The zero-order chi connectivity index (χ0) is 10.1. The van der Waals surface area contributed by atoms with Crippen LogP contribution < -0.4 is 4.74 Å². The van der Waals surface area contributed by atoms with Gasteiger partial charge in [0.1, 0.15) is 5.75 Å². The summed E-state index contributed by atoms with van der Waals surface area (Å²) in [5.74, 6) is 0.857. The van der Waals surface area contributed by atoms with Crippen LogP contribution in [-0.4, -0.2) is 24.1 Å². The first-order valence-electron chi connectivity index (χ1n) is 4.68. The Morgan fingerprint density at radius 1 is 1.43 bits per heavy atom. The molecule has 2 rings (SSSR count). The van der Waals surface area contributed by atoms with E-state index in [9.17, 15) is 5.21 Å². The Hall–Kier alpha value is -1.51. The highest BCUT2D eigenvalue weighted by Gasteiger charge is 2.18. The highest BCUT2D eigenvalue weighted by Crippen LogP contribution is 2.21. The molecule has 3 nitrogen and oxygen atoms in total. The predicted molar refractivity (Wildman–Crippen MR) is 55.0 cm³/mol. The van der Waals surface area contributed by atoms with E-state index in [-0.39, 0.29) is 0 Å². The van der Waals surface area contributed by atoms with Gasteiger partial charge in [0.25, 0.3) is 0 Å². The van der Waals surface area contributed by atoms with Gasteiger partial charge in [-0.05, 0) is 23.8 Å². The normalized spacial score (nSPS) is 15.3. The third kappa shape index (κ3) is 1.35. The Morgan fingerprint density at radius 2 is 2.21 bits per heavy atom. The molecular formula is C11H13NO2. The van der Waals surface area contributed by atoms with Crippen LogP contribution in [0.25, 0.3) is 0 Å². The average Bonchev–Trinajstić information content (AvgIpc) is 2.23. The van der Waals surface area contributed by atoms with Crippen LogP contribution in [0.1, 0.15) is 18.1 Å². The standard InChI is InChI=1S/C11H13NO2/c1-8-11-4-3-10(14-2)7-9(11)5-6-12(8)13/h3-4,7H,5-6H2,1-2H3. The van der Waals surface area contributed by atoms with Gasteiger partial charge in [0.2, 0.25) is 0 Å². The van der Waals surface area contributed by atoms with E-state index in [1.165, 1.54) is 5.56 Å². The minimum Gasteiger partial charge on any atom is -0.624 e. The Balaban J connectivity index is 2.51. The minimum atomic E-state index is 0.548. The van der Waals surface area contributed by atoms with Crippen molar-refractivity contribution in [2.24, 2.45) is 0 Å². The number of hydrogen-bond donors (Lipinski definition) is 0. The summed E-state index contributed by atoms with van der Waals surface area (Å²) >= 11 is 0. The van der Waals surface area contributed by atoms with Crippen molar-refractivity contribution in [3.63, 3.8) is 0 Å². The van der Waals surface area contributed by atoms with Crippen LogP contribution in [-0.2, 0) is 6.42 Å². The molecule has 1 heterocycles. The first-order valence-corrected chi connectivity index (χ1v) is 4.68. The van der Waals surface area contributed by atoms with E-state index in [0.29, 0.717) is 6.54 Å². The molecule has 3 heteroatoms. The lowest BCUT2D eigenvalue weighted by molar-refractivity contribution is -0.458. The van der Waals surface area contributed by atoms with Crippen LogP contribution in [0.4, 0.5) is 0 Å². The maximum Gasteiger partial charge on any atom is 0.191 e. The first kappa shape index (κ1) is 9.06. The van der Waals surface area contributed by atoms with Crippen molar-refractivity contribution in [1.82, 2.24) is 0 Å². The molecule has 0 bridgehead atoms. The fraction of sp³-hybridized carbons (Fsp3) is 0.364. The molecule has 0 fully saturated rings. The second kappa shape index (κ2) is 3.33. The first-order chi connectivity index (χ1) is 6.72. The summed E-state index contributed by atoms with van der Waals surface area (Å²) in [5, 5.41) is 11.4. The molecule has 0 saturated carbocycles. The molecule has 0 atom stereocenters. The molecule has 0 saturated heterocycles. The fourth-order valence-corrected chi connectivity index (χ4v) is 1.78. The molecule has 1 aromatic rings. The predicted octanol–water partition coefficient (Wildman–Crippen LogP) is 1.57. The number of methoxy groups -OCH3 is 1. The van der Waals surface area contributed by atoms with Crippen molar-refractivity contribution in [3.05, 3.63) is 34.5 Å². The zero-order valence-corrected chi connectivity index (χ0v) is 8.41. The van der Waals surface area contributed by atoms with Crippen molar-refractivity contribution in [3.8, 4) is 5.75 Å². The minimum absolute atomic E-state index is 0.548. The largest absolute Gasteiger partial charge is 0.624 e. The fourth-order valence-electron chi connectivity index (χ4n) is 1.78. The molecule has 0 amide bonds. The molecule has 1 aliphatic heterocycles. The second-order valence-corrected chi connectivity index (χ2v) is 3.46. The summed E-state index contributed by atoms with van der Waals surface area (Å²) in [6.07, 6.45) is 0.799. The summed E-state index contributed by atoms with van der Waals surface area (Å²) in [4.78, 5) is 0. The van der Waals surface area contributed by atoms with Crippen molar-refractivity contribution in [2.45, 2.75) is 13.3 Å². The third-order valence-electron chi connectivity index (χ3n) is 2.66. The van der Waals surface area contributed by atoms with E-state index in [1.54, 1.807) is 7.11 Å². The number of hydrogen-bond acceptors (Lipinski definition) is 2. The van der Waals surface area contributed by atoms with Crippen molar-refractivity contribution in [1.29, 1.82) is 0 Å². The van der Waals surface area contributed by atoms with Gasteiger partial charge in [-0.3, -0.25) is 0 Å². The van der Waals surface area contributed by atoms with E-state index in [2.05, 4.69) is 0 Å². The van der Waals surface area contributed by atoms with E-state index in [1.807, 2.05) is 25.1 Å². The van der Waals surface area contributed by atoms with Crippen LogP contribution in [0.5, 0.6) is 5.75 Å². The molecule has 0 aliphatic carbocycles. The summed E-state index contributed by atoms with van der Waals surface area (Å²) < 4.78 is 6.19. The van der Waals surface area contributed by atoms with Crippen LogP contribution in [0.15, 0.2) is 18.2 Å². The van der Waals surface area contributed by atoms with Gasteiger partial charge >= 0.3 is 0 Å². The summed E-state index contributed by atoms with van der Waals surface area (Å²) in [5.41, 5.74) is 3.05. The molecule has 0 aromatic heterocycles. The third-order valence-corrected chi connectivity index (χ3v) is 2.66. The second-order valence-electron chi connectivity index (χ2n) is 3.46. The van der Waals surface area contributed by atoms with Gasteiger partial charge in [-0.2, -0.15) is 0 Å². The van der Waals surface area contributed by atoms with Gasteiger partial charge in [0.05, 0.1) is 7.11 Å². The lowest BCUT2D eigenvalue weighted by atomic mass is 9.98. The molecule has 0 radical (unpaired) electrons. The molecule has 1 aromatic carbocycles. The number of hydroxylamine groups is 1. The van der Waals surface area contributed by atoms with E-state index < -0.39 is 0 Å². The molecule has 14 heavy (non-hydrogen) atoms. The molecule has 74 valence electrons. The molecule has 0 unspecified atom stereocenters. The topological polar surface area (TPSA) is 35.3 Å². The van der Waals surface area contributed by atoms with Gasteiger partial charge in [-0.1, -0.05) is 0 Å². The Labute approximate surface area is 83.2 Å². The zero-order valence-electron chi connectivity index (χ0n) is 8.41.